The number of aliphatic hydroxyl groups excluding tert-OH is 1. The maximum atomic E-state index is 10.3. The Bertz CT molecular complexity index is 501. The van der Waals surface area contributed by atoms with E-state index >= 15 is 0 Å². The molecule has 1 aromatic carbocycles. The van der Waals surface area contributed by atoms with Gasteiger partial charge in [0.15, 0.2) is 0 Å². The second kappa shape index (κ2) is 6.99. The van der Waals surface area contributed by atoms with Gasteiger partial charge in [-0.05, 0) is 49.8 Å². The molecule has 4 heteroatoms. The summed E-state index contributed by atoms with van der Waals surface area (Å²) >= 11 is 0. The van der Waals surface area contributed by atoms with Crippen molar-refractivity contribution < 1.29 is 14.6 Å². The lowest BCUT2D eigenvalue weighted by molar-refractivity contribution is -0.0393. The fraction of sp³-hybridized carbons (Fsp3) is 0.667. The van der Waals surface area contributed by atoms with Gasteiger partial charge in [-0.2, -0.15) is 0 Å². The van der Waals surface area contributed by atoms with E-state index in [0.29, 0.717) is 19.2 Å². The van der Waals surface area contributed by atoms with E-state index in [4.69, 9.17) is 9.47 Å². The van der Waals surface area contributed by atoms with E-state index in [1.807, 2.05) is 13.0 Å². The van der Waals surface area contributed by atoms with Crippen LogP contribution in [0.3, 0.4) is 0 Å². The Morgan fingerprint density at radius 3 is 2.95 bits per heavy atom. The zero-order chi connectivity index (χ0) is 15.5. The van der Waals surface area contributed by atoms with Crippen LogP contribution >= 0.6 is 0 Å². The minimum absolute atomic E-state index is 0.346. The number of aryl methyl sites for hydroxylation is 2. The van der Waals surface area contributed by atoms with E-state index in [1.165, 1.54) is 18.4 Å². The SMILES string of the molecule is Cc1ccc(C)c(OCC(O)CN2CCOCC2C2CC2)c1. The monoisotopic (exact) mass is 305 g/mol. The highest BCUT2D eigenvalue weighted by Gasteiger charge is 2.37. The Hall–Kier alpha value is -1.10. The van der Waals surface area contributed by atoms with Crippen LogP contribution in [0.1, 0.15) is 24.0 Å². The van der Waals surface area contributed by atoms with Crippen LogP contribution in [0, 0.1) is 19.8 Å². The number of β-amino-alcohol motifs (C(OH)–C–C–N with tert-alkyl or cyclic N) is 1. The molecule has 4 nitrogen and oxygen atoms in total. The topological polar surface area (TPSA) is 41.9 Å². The Morgan fingerprint density at radius 1 is 1.36 bits per heavy atom. The van der Waals surface area contributed by atoms with E-state index in [1.54, 1.807) is 0 Å². The third-order valence-electron chi connectivity index (χ3n) is 4.67. The number of ether oxygens (including phenoxy) is 2. The first-order chi connectivity index (χ1) is 10.6. The van der Waals surface area contributed by atoms with E-state index in [2.05, 4.69) is 24.0 Å². The van der Waals surface area contributed by atoms with Crippen molar-refractivity contribution in [2.24, 2.45) is 5.92 Å². The Balaban J connectivity index is 1.51. The van der Waals surface area contributed by atoms with Gasteiger partial charge in [0.2, 0.25) is 0 Å². The van der Waals surface area contributed by atoms with Crippen LogP contribution in [-0.4, -0.2) is 55.1 Å². The van der Waals surface area contributed by atoms with Crippen LogP contribution in [0.4, 0.5) is 0 Å². The summed E-state index contributed by atoms with van der Waals surface area (Å²) in [6, 6.07) is 6.66. The van der Waals surface area contributed by atoms with Gasteiger partial charge < -0.3 is 14.6 Å². The molecule has 0 amide bonds. The largest absolute Gasteiger partial charge is 0.491 e. The normalized spacial score (nSPS) is 24.2. The minimum Gasteiger partial charge on any atom is -0.491 e. The van der Waals surface area contributed by atoms with Gasteiger partial charge in [-0.25, -0.2) is 0 Å². The zero-order valence-electron chi connectivity index (χ0n) is 13.6. The molecule has 22 heavy (non-hydrogen) atoms. The van der Waals surface area contributed by atoms with Crippen molar-refractivity contribution in [1.82, 2.24) is 4.90 Å². The fourth-order valence-corrected chi connectivity index (χ4v) is 3.17. The molecule has 1 saturated heterocycles. The van der Waals surface area contributed by atoms with Crippen LogP contribution in [-0.2, 0) is 4.74 Å². The van der Waals surface area contributed by atoms with Crippen molar-refractivity contribution in [3.8, 4) is 5.75 Å². The quantitative estimate of drug-likeness (QED) is 0.874. The van der Waals surface area contributed by atoms with Crippen LogP contribution < -0.4 is 4.74 Å². The van der Waals surface area contributed by atoms with Crippen LogP contribution in [0.25, 0.3) is 0 Å². The van der Waals surface area contributed by atoms with E-state index < -0.39 is 6.10 Å². The highest BCUT2D eigenvalue weighted by atomic mass is 16.5. The van der Waals surface area contributed by atoms with Gasteiger partial charge in [0.05, 0.1) is 13.2 Å². The summed E-state index contributed by atoms with van der Waals surface area (Å²) in [6.07, 6.45) is 2.15. The van der Waals surface area contributed by atoms with E-state index in [9.17, 15) is 5.11 Å². The van der Waals surface area contributed by atoms with Gasteiger partial charge in [0, 0.05) is 19.1 Å². The number of hydrogen-bond acceptors (Lipinski definition) is 4. The third-order valence-corrected chi connectivity index (χ3v) is 4.67. The highest BCUT2D eigenvalue weighted by Crippen LogP contribution is 2.36. The molecule has 0 aromatic heterocycles. The summed E-state index contributed by atoms with van der Waals surface area (Å²) in [4.78, 5) is 2.39. The average Bonchev–Trinajstić information content (AvgIpc) is 3.33. The molecule has 3 rings (SSSR count). The third kappa shape index (κ3) is 4.00. The number of morpholine rings is 1. The number of aliphatic hydroxyl groups is 1. The molecule has 1 aliphatic heterocycles. The molecule has 1 N–H and O–H groups in total. The lowest BCUT2D eigenvalue weighted by Crippen LogP contribution is -2.50. The van der Waals surface area contributed by atoms with Gasteiger partial charge in [-0.15, -0.1) is 0 Å². The van der Waals surface area contributed by atoms with Crippen molar-refractivity contribution in [3.63, 3.8) is 0 Å². The second-order valence-corrected chi connectivity index (χ2v) is 6.71. The van der Waals surface area contributed by atoms with Crippen molar-refractivity contribution in [2.45, 2.75) is 38.8 Å². The summed E-state index contributed by atoms with van der Waals surface area (Å²) in [6.45, 7) is 7.61. The smallest absolute Gasteiger partial charge is 0.122 e. The molecule has 1 saturated carbocycles. The molecule has 2 atom stereocenters. The first kappa shape index (κ1) is 15.8. The number of nitrogens with zero attached hydrogens (tertiary/aromatic N) is 1. The highest BCUT2D eigenvalue weighted by molar-refractivity contribution is 5.35. The Morgan fingerprint density at radius 2 is 2.18 bits per heavy atom. The molecule has 0 radical (unpaired) electrons. The fourth-order valence-electron chi connectivity index (χ4n) is 3.17. The molecule has 0 spiro atoms. The van der Waals surface area contributed by atoms with Crippen molar-refractivity contribution in [3.05, 3.63) is 29.3 Å². The Labute approximate surface area is 133 Å². The first-order valence-electron chi connectivity index (χ1n) is 8.33. The second-order valence-electron chi connectivity index (χ2n) is 6.71. The standard InChI is InChI=1S/C18H27NO3/c1-13-3-4-14(2)18(9-13)22-11-16(20)10-19-7-8-21-12-17(19)15-5-6-15/h3-4,9,15-17,20H,5-8,10-12H2,1-2H3. The minimum atomic E-state index is -0.459. The zero-order valence-corrected chi connectivity index (χ0v) is 13.6. The summed E-state index contributed by atoms with van der Waals surface area (Å²) < 4.78 is 11.4. The van der Waals surface area contributed by atoms with Gasteiger partial charge in [-0.1, -0.05) is 12.1 Å². The number of hydrogen-bond donors (Lipinski definition) is 1. The predicted molar refractivity (Wildman–Crippen MR) is 86.3 cm³/mol. The maximum absolute atomic E-state index is 10.3. The molecule has 2 aliphatic rings. The van der Waals surface area contributed by atoms with Gasteiger partial charge in [0.25, 0.3) is 0 Å². The van der Waals surface area contributed by atoms with Crippen LogP contribution in [0.15, 0.2) is 18.2 Å². The molecular formula is C18H27NO3. The van der Waals surface area contributed by atoms with Crippen molar-refractivity contribution in [2.75, 3.05) is 32.9 Å². The molecule has 1 aliphatic carbocycles. The lowest BCUT2D eigenvalue weighted by Gasteiger charge is -2.36. The molecule has 2 unspecified atom stereocenters. The van der Waals surface area contributed by atoms with E-state index in [-0.39, 0.29) is 0 Å². The van der Waals surface area contributed by atoms with Crippen molar-refractivity contribution in [1.29, 1.82) is 0 Å². The number of benzene rings is 1. The van der Waals surface area contributed by atoms with E-state index in [0.717, 1.165) is 37.0 Å². The molecular weight excluding hydrogens is 278 g/mol. The molecule has 1 aromatic rings. The summed E-state index contributed by atoms with van der Waals surface area (Å²) in [5.74, 6) is 1.65. The van der Waals surface area contributed by atoms with Gasteiger partial charge >= 0.3 is 0 Å². The number of rotatable bonds is 6. The molecule has 1 heterocycles. The van der Waals surface area contributed by atoms with Gasteiger partial charge in [0.1, 0.15) is 18.5 Å². The Kier molecular flexibility index (Phi) is 5.01. The molecule has 122 valence electrons. The summed E-state index contributed by atoms with van der Waals surface area (Å²) in [5, 5.41) is 10.3. The maximum Gasteiger partial charge on any atom is 0.122 e. The van der Waals surface area contributed by atoms with Crippen molar-refractivity contribution >= 4 is 0 Å². The molecule has 2 fully saturated rings. The van der Waals surface area contributed by atoms with Crippen LogP contribution in [0.2, 0.25) is 0 Å². The first-order valence-corrected chi connectivity index (χ1v) is 8.33. The summed E-state index contributed by atoms with van der Waals surface area (Å²) in [5.41, 5.74) is 2.29. The van der Waals surface area contributed by atoms with Gasteiger partial charge in [-0.3, -0.25) is 4.90 Å². The summed E-state index contributed by atoms with van der Waals surface area (Å²) in [7, 11) is 0. The van der Waals surface area contributed by atoms with Crippen LogP contribution in [0.5, 0.6) is 5.75 Å². The predicted octanol–water partition coefficient (Wildman–Crippen LogP) is 2.15. The average molecular weight is 305 g/mol. The molecule has 0 bridgehead atoms. The lowest BCUT2D eigenvalue weighted by atomic mass is 10.1.